The molecule has 0 aromatic heterocycles. The van der Waals surface area contributed by atoms with Crippen LogP contribution in [0.1, 0.15) is 54.0 Å². The summed E-state index contributed by atoms with van der Waals surface area (Å²) in [7, 11) is -0.637. The summed E-state index contributed by atoms with van der Waals surface area (Å²) in [5.74, 6) is 0. The topological polar surface area (TPSA) is 69.2 Å². The number of amides is 1. The van der Waals surface area contributed by atoms with Gasteiger partial charge in [-0.15, -0.1) is 0 Å². The number of thiocarbonyl (C=S) groups is 1. The highest BCUT2D eigenvalue weighted by molar-refractivity contribution is 7.78. The normalized spacial score (nSPS) is 18.0. The van der Waals surface area contributed by atoms with Gasteiger partial charge in [0.15, 0.2) is 0 Å². The first-order valence-corrected chi connectivity index (χ1v) is 10.4. The van der Waals surface area contributed by atoms with E-state index in [2.05, 4.69) is 27.7 Å². The highest BCUT2D eigenvalue weighted by Gasteiger charge is 2.52. The molecule has 0 atom stereocenters. The minimum Gasteiger partial charge on any atom is -0.444 e. The Hall–Kier alpha value is -1.70. The molecule has 9 heteroatoms. The van der Waals surface area contributed by atoms with Crippen molar-refractivity contribution in [3.8, 4) is 0 Å². The third-order valence-electron chi connectivity index (χ3n) is 4.88. The summed E-state index contributed by atoms with van der Waals surface area (Å²) in [6, 6.07) is 5.35. The summed E-state index contributed by atoms with van der Waals surface area (Å²) in [5.41, 5.74) is 0.439. The maximum Gasteiger partial charge on any atom is 0.492 e. The van der Waals surface area contributed by atoms with Gasteiger partial charge in [-0.05, 0) is 83.9 Å². The predicted molar refractivity (Wildman–Crippen MR) is 124 cm³/mol. The second-order valence-corrected chi connectivity index (χ2v) is 9.67. The van der Waals surface area contributed by atoms with Crippen molar-refractivity contribution in [2.45, 2.75) is 65.3 Å². The van der Waals surface area contributed by atoms with E-state index in [0.717, 1.165) is 11.0 Å². The van der Waals surface area contributed by atoms with Gasteiger partial charge in [0.2, 0.25) is 0 Å². The Bertz CT molecular complexity index is 873. The molecule has 162 valence electrons. The number of carbonyl (C=O) groups excluding carboxylic acids is 1. The van der Waals surface area contributed by atoms with Crippen molar-refractivity contribution < 1.29 is 18.8 Å². The largest absolute Gasteiger partial charge is 0.492 e. The van der Waals surface area contributed by atoms with E-state index in [9.17, 15) is 4.79 Å². The molecule has 1 aliphatic heterocycles. The standard InChI is InChI=1S/C21H28BClN2O4S/c1-19(2,3)27-18(26)24-12-15(22-28-20(4,5)21(6,7)29-22)10-14-8-9-17(25-13-30)16(23)11-14/h8-11H,12H2,1-7H3,(H,24,26). The van der Waals surface area contributed by atoms with Gasteiger partial charge in [0.1, 0.15) is 5.60 Å². The van der Waals surface area contributed by atoms with E-state index >= 15 is 0 Å². The fraction of sp³-hybridized carbons (Fsp3) is 0.524. The highest BCUT2D eigenvalue weighted by atomic mass is 35.5. The Balaban J connectivity index is 2.32. The van der Waals surface area contributed by atoms with Crippen LogP contribution in [0.15, 0.2) is 28.7 Å². The van der Waals surface area contributed by atoms with Crippen LogP contribution in [0.2, 0.25) is 5.02 Å². The molecule has 6 nitrogen and oxygen atoms in total. The predicted octanol–water partition coefficient (Wildman–Crippen LogP) is 5.61. The molecule has 1 heterocycles. The summed E-state index contributed by atoms with van der Waals surface area (Å²) in [5, 5.41) is 5.52. The van der Waals surface area contributed by atoms with E-state index in [4.69, 9.17) is 25.6 Å². The van der Waals surface area contributed by atoms with Crippen LogP contribution in [0.5, 0.6) is 0 Å². The molecular weight excluding hydrogens is 423 g/mol. The van der Waals surface area contributed by atoms with E-state index in [1.807, 2.05) is 60.6 Å². The quantitative estimate of drug-likeness (QED) is 0.358. The van der Waals surface area contributed by atoms with Crippen LogP contribution in [0.25, 0.3) is 6.08 Å². The molecule has 0 aliphatic carbocycles. The van der Waals surface area contributed by atoms with Crippen molar-refractivity contribution in [1.29, 1.82) is 0 Å². The molecule has 0 bridgehead atoms. The number of isothiocyanates is 1. The van der Waals surface area contributed by atoms with Crippen LogP contribution in [-0.4, -0.2) is 41.7 Å². The Morgan fingerprint density at radius 2 is 1.90 bits per heavy atom. The molecule has 1 aliphatic rings. The fourth-order valence-corrected chi connectivity index (χ4v) is 2.98. The Labute approximate surface area is 189 Å². The van der Waals surface area contributed by atoms with E-state index in [-0.39, 0.29) is 6.54 Å². The molecule has 1 saturated heterocycles. The van der Waals surface area contributed by atoms with Gasteiger partial charge in [-0.3, -0.25) is 0 Å². The third kappa shape index (κ3) is 6.40. The molecule has 0 spiro atoms. The Kier molecular flexibility index (Phi) is 7.54. The second-order valence-electron chi connectivity index (χ2n) is 9.08. The van der Waals surface area contributed by atoms with E-state index in [1.165, 1.54) is 0 Å². The number of hydrogen-bond donors (Lipinski definition) is 1. The molecule has 1 aromatic rings. The average Bonchev–Trinajstić information content (AvgIpc) is 2.80. The third-order valence-corrected chi connectivity index (χ3v) is 5.28. The van der Waals surface area contributed by atoms with Gasteiger partial charge in [-0.2, -0.15) is 4.99 Å². The summed E-state index contributed by atoms with van der Waals surface area (Å²) in [6.07, 6.45) is 1.35. The molecule has 1 N–H and O–H groups in total. The maximum absolute atomic E-state index is 12.2. The number of hydrogen-bond acceptors (Lipinski definition) is 6. The summed E-state index contributed by atoms with van der Waals surface area (Å²) in [4.78, 5) is 16.1. The number of halogens is 1. The van der Waals surface area contributed by atoms with Crippen LogP contribution in [0.4, 0.5) is 10.5 Å². The lowest BCUT2D eigenvalue weighted by molar-refractivity contribution is 0.00578. The van der Waals surface area contributed by atoms with Crippen LogP contribution >= 0.6 is 23.8 Å². The van der Waals surface area contributed by atoms with Crippen LogP contribution in [0, 0.1) is 0 Å². The van der Waals surface area contributed by atoms with Gasteiger partial charge in [-0.1, -0.05) is 23.7 Å². The number of nitrogens with zero attached hydrogens (tertiary/aromatic N) is 1. The molecule has 1 aromatic carbocycles. The minimum absolute atomic E-state index is 0.184. The zero-order valence-corrected chi connectivity index (χ0v) is 20.0. The molecule has 30 heavy (non-hydrogen) atoms. The minimum atomic E-state index is -0.637. The highest BCUT2D eigenvalue weighted by Crippen LogP contribution is 2.39. The first-order chi connectivity index (χ1) is 13.7. The SMILES string of the molecule is CC(C)(C)OC(=O)NCC(=Cc1ccc(N=C=S)c(Cl)c1)B1OC(C)(C)C(C)(C)O1. The lowest BCUT2D eigenvalue weighted by Gasteiger charge is -2.32. The number of ether oxygens (including phenoxy) is 1. The summed E-state index contributed by atoms with van der Waals surface area (Å²) in [6.45, 7) is 13.5. The molecule has 0 saturated carbocycles. The van der Waals surface area contributed by atoms with Crippen molar-refractivity contribution in [1.82, 2.24) is 5.32 Å². The van der Waals surface area contributed by atoms with Gasteiger partial charge in [0.05, 0.1) is 27.1 Å². The zero-order chi connectivity index (χ0) is 22.7. The first-order valence-electron chi connectivity index (χ1n) is 9.64. The Morgan fingerprint density at radius 1 is 1.30 bits per heavy atom. The van der Waals surface area contributed by atoms with Gasteiger partial charge in [-0.25, -0.2) is 4.79 Å². The van der Waals surface area contributed by atoms with Crippen molar-refractivity contribution in [3.05, 3.63) is 34.3 Å². The van der Waals surface area contributed by atoms with Gasteiger partial charge in [0, 0.05) is 6.54 Å². The smallest absolute Gasteiger partial charge is 0.444 e. The van der Waals surface area contributed by atoms with E-state index < -0.39 is 30.0 Å². The van der Waals surface area contributed by atoms with Crippen molar-refractivity contribution in [3.63, 3.8) is 0 Å². The molecule has 0 radical (unpaired) electrons. The molecular formula is C21H28BClN2O4S. The summed E-state index contributed by atoms with van der Waals surface area (Å²) < 4.78 is 17.7. The number of rotatable bonds is 5. The van der Waals surface area contributed by atoms with Crippen molar-refractivity contribution in [2.75, 3.05) is 6.54 Å². The lowest BCUT2D eigenvalue weighted by atomic mass is 9.77. The zero-order valence-electron chi connectivity index (χ0n) is 18.5. The molecule has 2 rings (SSSR count). The number of aliphatic imine (C=N–C) groups is 1. The maximum atomic E-state index is 12.2. The first kappa shape index (κ1) is 24.6. The van der Waals surface area contributed by atoms with Gasteiger partial charge in [0.25, 0.3) is 0 Å². The van der Waals surface area contributed by atoms with E-state index in [0.29, 0.717) is 10.7 Å². The van der Waals surface area contributed by atoms with Crippen LogP contribution < -0.4 is 5.32 Å². The van der Waals surface area contributed by atoms with Crippen molar-refractivity contribution in [2.24, 2.45) is 4.99 Å². The number of carbonyl (C=O) groups is 1. The summed E-state index contributed by atoms with van der Waals surface area (Å²) >= 11 is 10.9. The van der Waals surface area contributed by atoms with Crippen LogP contribution in [-0.2, 0) is 14.0 Å². The Morgan fingerprint density at radius 3 is 2.40 bits per heavy atom. The molecule has 0 unspecified atom stereocenters. The fourth-order valence-electron chi connectivity index (χ4n) is 2.65. The molecule has 1 amide bonds. The van der Waals surface area contributed by atoms with E-state index in [1.54, 1.807) is 12.1 Å². The van der Waals surface area contributed by atoms with Crippen molar-refractivity contribution >= 4 is 54.0 Å². The number of benzene rings is 1. The average molecular weight is 451 g/mol. The van der Waals surface area contributed by atoms with Gasteiger partial charge < -0.3 is 19.4 Å². The second kappa shape index (κ2) is 9.21. The monoisotopic (exact) mass is 450 g/mol. The van der Waals surface area contributed by atoms with Crippen LogP contribution in [0.3, 0.4) is 0 Å². The molecule has 1 fully saturated rings. The van der Waals surface area contributed by atoms with Gasteiger partial charge >= 0.3 is 13.2 Å². The lowest BCUT2D eigenvalue weighted by Crippen LogP contribution is -2.41. The number of alkyl carbamates (subject to hydrolysis) is 1. The number of nitrogens with one attached hydrogen (secondary N) is 1.